The minimum atomic E-state index is 0.599. The van der Waals surface area contributed by atoms with E-state index in [4.69, 9.17) is 11.6 Å². The zero-order valence-electron chi connectivity index (χ0n) is 9.96. The van der Waals surface area contributed by atoms with Gasteiger partial charge in [0, 0.05) is 37.2 Å². The smallest absolute Gasteiger partial charge is 0.0435 e. The van der Waals surface area contributed by atoms with Crippen LogP contribution in [-0.4, -0.2) is 30.6 Å². The number of rotatable bonds is 2. The molecule has 0 aliphatic carbocycles. The van der Waals surface area contributed by atoms with Gasteiger partial charge in [0.1, 0.15) is 0 Å². The monoisotopic (exact) mass is 238 g/mol. The van der Waals surface area contributed by atoms with Crippen LogP contribution in [0.4, 0.5) is 0 Å². The number of nitrogens with zero attached hydrogens (tertiary/aromatic N) is 1. The van der Waals surface area contributed by atoms with Gasteiger partial charge in [-0.15, -0.1) is 0 Å². The van der Waals surface area contributed by atoms with Crippen molar-refractivity contribution in [3.05, 3.63) is 34.3 Å². The molecule has 1 saturated heterocycles. The van der Waals surface area contributed by atoms with Crippen LogP contribution in [0.5, 0.6) is 0 Å². The van der Waals surface area contributed by atoms with E-state index in [2.05, 4.69) is 36.2 Å². The summed E-state index contributed by atoms with van der Waals surface area (Å²) in [4.78, 5) is 2.49. The Bertz CT molecular complexity index is 365. The van der Waals surface area contributed by atoms with Crippen molar-refractivity contribution in [3.8, 4) is 0 Å². The third-order valence-corrected chi connectivity index (χ3v) is 3.51. The SMILES string of the molecule is Cc1cc(CN2CCN[C@H](C)C2)ccc1Cl. The number of halogens is 1. The van der Waals surface area contributed by atoms with Crippen molar-refractivity contribution in [2.45, 2.75) is 26.4 Å². The van der Waals surface area contributed by atoms with E-state index in [9.17, 15) is 0 Å². The summed E-state index contributed by atoms with van der Waals surface area (Å²) in [7, 11) is 0. The van der Waals surface area contributed by atoms with E-state index in [0.717, 1.165) is 31.2 Å². The Morgan fingerprint density at radius 3 is 3.00 bits per heavy atom. The van der Waals surface area contributed by atoms with Crippen LogP contribution < -0.4 is 5.32 Å². The lowest BCUT2D eigenvalue weighted by Crippen LogP contribution is -2.48. The first-order valence-corrected chi connectivity index (χ1v) is 6.24. The third kappa shape index (κ3) is 2.97. The van der Waals surface area contributed by atoms with Gasteiger partial charge in [-0.05, 0) is 31.0 Å². The molecule has 1 atom stereocenters. The van der Waals surface area contributed by atoms with Crippen LogP contribution in [0.25, 0.3) is 0 Å². The van der Waals surface area contributed by atoms with Crippen molar-refractivity contribution in [2.75, 3.05) is 19.6 Å². The lowest BCUT2D eigenvalue weighted by molar-refractivity contribution is 0.199. The number of nitrogens with one attached hydrogen (secondary N) is 1. The molecule has 1 fully saturated rings. The molecule has 0 amide bonds. The summed E-state index contributed by atoms with van der Waals surface area (Å²) in [5.74, 6) is 0. The molecule has 2 rings (SSSR count). The van der Waals surface area contributed by atoms with E-state index in [1.54, 1.807) is 0 Å². The Hall–Kier alpha value is -0.570. The van der Waals surface area contributed by atoms with Crippen LogP contribution in [0.15, 0.2) is 18.2 Å². The standard InChI is InChI=1S/C13H19ClN2/c1-10-7-12(3-4-13(10)14)9-16-6-5-15-11(2)8-16/h3-4,7,11,15H,5-6,8-9H2,1-2H3/t11-/m1/s1. The van der Waals surface area contributed by atoms with Crippen LogP contribution in [0.1, 0.15) is 18.1 Å². The molecule has 1 aromatic carbocycles. The second kappa shape index (κ2) is 5.17. The number of hydrogen-bond acceptors (Lipinski definition) is 2. The minimum absolute atomic E-state index is 0.599. The Morgan fingerprint density at radius 2 is 2.31 bits per heavy atom. The van der Waals surface area contributed by atoms with Gasteiger partial charge >= 0.3 is 0 Å². The summed E-state index contributed by atoms with van der Waals surface area (Å²) in [6, 6.07) is 6.91. The summed E-state index contributed by atoms with van der Waals surface area (Å²) < 4.78 is 0. The fourth-order valence-corrected chi connectivity index (χ4v) is 2.34. The summed E-state index contributed by atoms with van der Waals surface area (Å²) in [5.41, 5.74) is 2.53. The van der Waals surface area contributed by atoms with Crippen LogP contribution in [0, 0.1) is 6.92 Å². The van der Waals surface area contributed by atoms with E-state index < -0.39 is 0 Å². The Kier molecular flexibility index (Phi) is 3.85. The van der Waals surface area contributed by atoms with Crippen molar-refractivity contribution >= 4 is 11.6 Å². The van der Waals surface area contributed by atoms with Gasteiger partial charge in [-0.25, -0.2) is 0 Å². The number of hydrogen-bond donors (Lipinski definition) is 1. The van der Waals surface area contributed by atoms with Crippen molar-refractivity contribution < 1.29 is 0 Å². The van der Waals surface area contributed by atoms with Gasteiger partial charge in [-0.3, -0.25) is 4.90 Å². The van der Waals surface area contributed by atoms with Crippen LogP contribution in [0.2, 0.25) is 5.02 Å². The van der Waals surface area contributed by atoms with E-state index in [1.165, 1.54) is 11.1 Å². The fourth-order valence-electron chi connectivity index (χ4n) is 2.22. The second-order valence-electron chi connectivity index (χ2n) is 4.67. The summed E-state index contributed by atoms with van der Waals surface area (Å²) in [6.07, 6.45) is 0. The van der Waals surface area contributed by atoms with E-state index in [1.807, 2.05) is 6.07 Å². The first-order chi connectivity index (χ1) is 7.65. The second-order valence-corrected chi connectivity index (χ2v) is 5.08. The minimum Gasteiger partial charge on any atom is -0.312 e. The molecule has 0 radical (unpaired) electrons. The molecule has 16 heavy (non-hydrogen) atoms. The van der Waals surface area contributed by atoms with Crippen molar-refractivity contribution in [1.29, 1.82) is 0 Å². The molecule has 1 heterocycles. The van der Waals surface area contributed by atoms with E-state index >= 15 is 0 Å². The molecule has 1 N–H and O–H groups in total. The molecular formula is C13H19ClN2. The molecule has 88 valence electrons. The highest BCUT2D eigenvalue weighted by atomic mass is 35.5. The number of piperazine rings is 1. The molecule has 0 unspecified atom stereocenters. The molecule has 1 aliphatic heterocycles. The maximum Gasteiger partial charge on any atom is 0.0435 e. The molecular weight excluding hydrogens is 220 g/mol. The molecule has 1 aromatic rings. The van der Waals surface area contributed by atoms with Gasteiger partial charge in [0.25, 0.3) is 0 Å². The average Bonchev–Trinajstić information content (AvgIpc) is 2.24. The molecule has 2 nitrogen and oxygen atoms in total. The molecule has 0 bridgehead atoms. The maximum absolute atomic E-state index is 6.02. The lowest BCUT2D eigenvalue weighted by atomic mass is 10.1. The Morgan fingerprint density at radius 1 is 1.50 bits per heavy atom. The maximum atomic E-state index is 6.02. The van der Waals surface area contributed by atoms with Crippen molar-refractivity contribution in [1.82, 2.24) is 10.2 Å². The molecule has 3 heteroatoms. The zero-order chi connectivity index (χ0) is 11.5. The third-order valence-electron chi connectivity index (χ3n) is 3.08. The highest BCUT2D eigenvalue weighted by molar-refractivity contribution is 6.31. The Balaban J connectivity index is 2.00. The van der Waals surface area contributed by atoms with Gasteiger partial charge in [-0.2, -0.15) is 0 Å². The average molecular weight is 239 g/mol. The normalized spacial score (nSPS) is 22.3. The molecule has 1 aliphatic rings. The lowest BCUT2D eigenvalue weighted by Gasteiger charge is -2.31. The predicted molar refractivity (Wildman–Crippen MR) is 68.9 cm³/mol. The molecule has 0 aromatic heterocycles. The number of benzene rings is 1. The van der Waals surface area contributed by atoms with Gasteiger partial charge < -0.3 is 5.32 Å². The van der Waals surface area contributed by atoms with Crippen molar-refractivity contribution in [3.63, 3.8) is 0 Å². The first-order valence-electron chi connectivity index (χ1n) is 5.86. The van der Waals surface area contributed by atoms with Gasteiger partial charge in [0.05, 0.1) is 0 Å². The van der Waals surface area contributed by atoms with Gasteiger partial charge in [0.15, 0.2) is 0 Å². The molecule has 0 saturated carbocycles. The predicted octanol–water partition coefficient (Wildman–Crippen LogP) is 2.44. The van der Waals surface area contributed by atoms with E-state index in [-0.39, 0.29) is 0 Å². The van der Waals surface area contributed by atoms with Crippen LogP contribution >= 0.6 is 11.6 Å². The fraction of sp³-hybridized carbons (Fsp3) is 0.538. The van der Waals surface area contributed by atoms with Gasteiger partial charge in [-0.1, -0.05) is 23.7 Å². The van der Waals surface area contributed by atoms with Gasteiger partial charge in [0.2, 0.25) is 0 Å². The first kappa shape index (κ1) is 11.9. The summed E-state index contributed by atoms with van der Waals surface area (Å²) >= 11 is 6.02. The topological polar surface area (TPSA) is 15.3 Å². The summed E-state index contributed by atoms with van der Waals surface area (Å²) in [5, 5.41) is 4.31. The molecule has 0 spiro atoms. The quantitative estimate of drug-likeness (QED) is 0.852. The van der Waals surface area contributed by atoms with Crippen molar-refractivity contribution in [2.24, 2.45) is 0 Å². The highest BCUT2D eigenvalue weighted by Crippen LogP contribution is 2.17. The highest BCUT2D eigenvalue weighted by Gasteiger charge is 2.15. The zero-order valence-corrected chi connectivity index (χ0v) is 10.7. The van der Waals surface area contributed by atoms with Crippen LogP contribution in [-0.2, 0) is 6.54 Å². The number of aryl methyl sites for hydroxylation is 1. The Labute approximate surface area is 103 Å². The van der Waals surface area contributed by atoms with Crippen LogP contribution in [0.3, 0.4) is 0 Å². The summed E-state index contributed by atoms with van der Waals surface area (Å²) in [6.45, 7) is 8.68. The largest absolute Gasteiger partial charge is 0.312 e. The van der Waals surface area contributed by atoms with E-state index in [0.29, 0.717) is 6.04 Å².